The fourth-order valence-corrected chi connectivity index (χ4v) is 2.71. The third-order valence-electron chi connectivity index (χ3n) is 3.77. The summed E-state index contributed by atoms with van der Waals surface area (Å²) >= 11 is 0. The van der Waals surface area contributed by atoms with E-state index in [0.29, 0.717) is 17.4 Å². The average molecular weight is 293 g/mol. The summed E-state index contributed by atoms with van der Waals surface area (Å²) in [4.78, 5) is 11.1. The van der Waals surface area contributed by atoms with Crippen molar-refractivity contribution in [3.63, 3.8) is 0 Å². The first kappa shape index (κ1) is 15.8. The Hall–Kier alpha value is -1.59. The van der Waals surface area contributed by atoms with E-state index in [1.165, 1.54) is 0 Å². The van der Waals surface area contributed by atoms with Crippen LogP contribution in [-0.4, -0.2) is 35.4 Å². The monoisotopic (exact) mass is 293 g/mol. The van der Waals surface area contributed by atoms with E-state index >= 15 is 0 Å². The minimum absolute atomic E-state index is 0.117. The summed E-state index contributed by atoms with van der Waals surface area (Å²) < 4.78 is 5.39. The summed E-state index contributed by atoms with van der Waals surface area (Å²) in [7, 11) is 1.56. The highest BCUT2D eigenvalue weighted by Gasteiger charge is 2.32. The van der Waals surface area contributed by atoms with E-state index in [1.807, 2.05) is 26.0 Å². The molecule has 0 aliphatic heterocycles. The smallest absolute Gasteiger partial charge is 0.305 e. The van der Waals surface area contributed by atoms with Crippen molar-refractivity contribution >= 4 is 5.97 Å². The summed E-state index contributed by atoms with van der Waals surface area (Å²) in [5.41, 5.74) is 2.60. The van der Waals surface area contributed by atoms with E-state index < -0.39 is 18.1 Å². The Labute approximate surface area is 124 Å². The summed E-state index contributed by atoms with van der Waals surface area (Å²) in [6.07, 6.45) is 1.04. The molecule has 1 aliphatic carbocycles. The Kier molecular flexibility index (Phi) is 4.85. The van der Waals surface area contributed by atoms with Crippen LogP contribution in [0.1, 0.15) is 42.1 Å². The molecule has 1 aromatic rings. The number of methoxy groups -OCH3 is 1. The maximum absolute atomic E-state index is 11.1. The van der Waals surface area contributed by atoms with Gasteiger partial charge in [0.1, 0.15) is 5.75 Å². The SMILES string of the molecule is COc1c(C)cc(C)cc1C(O)C(CC(=O)O)NC1CC1. The number of rotatable bonds is 7. The van der Waals surface area contributed by atoms with Crippen molar-refractivity contribution in [2.45, 2.75) is 51.3 Å². The van der Waals surface area contributed by atoms with Gasteiger partial charge in [-0.2, -0.15) is 0 Å². The molecule has 3 N–H and O–H groups in total. The Morgan fingerprint density at radius 1 is 1.43 bits per heavy atom. The number of nitrogens with one attached hydrogen (secondary N) is 1. The van der Waals surface area contributed by atoms with Gasteiger partial charge in [-0.15, -0.1) is 0 Å². The molecular formula is C16H23NO4. The van der Waals surface area contributed by atoms with Gasteiger partial charge in [-0.3, -0.25) is 4.79 Å². The van der Waals surface area contributed by atoms with Gasteiger partial charge in [-0.25, -0.2) is 0 Å². The molecule has 21 heavy (non-hydrogen) atoms. The number of carbonyl (C=O) groups is 1. The van der Waals surface area contributed by atoms with E-state index in [1.54, 1.807) is 7.11 Å². The van der Waals surface area contributed by atoms with Gasteiger partial charge in [0, 0.05) is 17.6 Å². The fraction of sp³-hybridized carbons (Fsp3) is 0.562. The number of aliphatic hydroxyl groups is 1. The zero-order chi connectivity index (χ0) is 15.6. The third kappa shape index (κ3) is 3.95. The van der Waals surface area contributed by atoms with Crippen molar-refractivity contribution in [2.75, 3.05) is 7.11 Å². The number of benzene rings is 1. The number of aryl methyl sites for hydroxylation is 2. The molecular weight excluding hydrogens is 270 g/mol. The standard InChI is InChI=1S/C16H23NO4/c1-9-6-10(2)16(21-3)12(7-9)15(20)13(8-14(18)19)17-11-4-5-11/h6-7,11,13,15,17,20H,4-5,8H2,1-3H3,(H,18,19). The molecule has 5 nitrogen and oxygen atoms in total. The van der Waals surface area contributed by atoms with Crippen LogP contribution in [0.4, 0.5) is 0 Å². The van der Waals surface area contributed by atoms with Crippen LogP contribution in [-0.2, 0) is 4.79 Å². The number of aliphatic hydroxyl groups excluding tert-OH is 1. The highest BCUT2D eigenvalue weighted by atomic mass is 16.5. The van der Waals surface area contributed by atoms with E-state index in [0.717, 1.165) is 24.0 Å². The number of carboxylic acids is 1. The van der Waals surface area contributed by atoms with Gasteiger partial charge in [0.05, 0.1) is 19.6 Å². The lowest BCUT2D eigenvalue weighted by Gasteiger charge is -2.25. The van der Waals surface area contributed by atoms with E-state index in [-0.39, 0.29) is 6.42 Å². The van der Waals surface area contributed by atoms with Gasteiger partial charge in [0.15, 0.2) is 0 Å². The van der Waals surface area contributed by atoms with Crippen molar-refractivity contribution in [3.05, 3.63) is 28.8 Å². The molecule has 116 valence electrons. The maximum Gasteiger partial charge on any atom is 0.305 e. The fourth-order valence-electron chi connectivity index (χ4n) is 2.71. The van der Waals surface area contributed by atoms with Gasteiger partial charge in [0.2, 0.25) is 0 Å². The van der Waals surface area contributed by atoms with Gasteiger partial charge in [-0.05, 0) is 38.3 Å². The molecule has 0 radical (unpaired) electrons. The lowest BCUT2D eigenvalue weighted by molar-refractivity contribution is -0.138. The topological polar surface area (TPSA) is 78.8 Å². The van der Waals surface area contributed by atoms with Crippen molar-refractivity contribution in [1.82, 2.24) is 5.32 Å². The number of aliphatic carboxylic acids is 1. The maximum atomic E-state index is 11.1. The molecule has 2 atom stereocenters. The summed E-state index contributed by atoms with van der Waals surface area (Å²) in [6.45, 7) is 3.87. The number of ether oxygens (including phenoxy) is 1. The molecule has 1 fully saturated rings. The van der Waals surface area contributed by atoms with Crippen LogP contribution < -0.4 is 10.1 Å². The second-order valence-corrected chi connectivity index (χ2v) is 5.79. The van der Waals surface area contributed by atoms with Crippen molar-refractivity contribution < 1.29 is 19.7 Å². The zero-order valence-electron chi connectivity index (χ0n) is 12.7. The van der Waals surface area contributed by atoms with E-state index in [2.05, 4.69) is 5.32 Å². The quantitative estimate of drug-likeness (QED) is 0.716. The Bertz CT molecular complexity index is 525. The first-order valence-corrected chi connectivity index (χ1v) is 7.23. The highest BCUT2D eigenvalue weighted by molar-refractivity contribution is 5.67. The second-order valence-electron chi connectivity index (χ2n) is 5.79. The lowest BCUT2D eigenvalue weighted by Crippen LogP contribution is -2.38. The molecule has 0 bridgehead atoms. The minimum atomic E-state index is -0.921. The van der Waals surface area contributed by atoms with Gasteiger partial charge in [0.25, 0.3) is 0 Å². The highest BCUT2D eigenvalue weighted by Crippen LogP contribution is 2.33. The normalized spacial score (nSPS) is 17.3. The van der Waals surface area contributed by atoms with Gasteiger partial charge in [-0.1, -0.05) is 11.6 Å². The van der Waals surface area contributed by atoms with Crippen LogP contribution in [0.15, 0.2) is 12.1 Å². The van der Waals surface area contributed by atoms with Crippen LogP contribution in [0.3, 0.4) is 0 Å². The number of hydrogen-bond donors (Lipinski definition) is 3. The molecule has 0 spiro atoms. The first-order chi connectivity index (χ1) is 9.92. The zero-order valence-corrected chi connectivity index (χ0v) is 12.7. The minimum Gasteiger partial charge on any atom is -0.496 e. The summed E-state index contributed by atoms with van der Waals surface area (Å²) in [5.74, 6) is -0.295. The first-order valence-electron chi connectivity index (χ1n) is 7.23. The molecule has 1 aromatic carbocycles. The Morgan fingerprint density at radius 2 is 2.10 bits per heavy atom. The predicted octanol–water partition coefficient (Wildman–Crippen LogP) is 1.94. The molecule has 5 heteroatoms. The van der Waals surface area contributed by atoms with Crippen molar-refractivity contribution in [3.8, 4) is 5.75 Å². The van der Waals surface area contributed by atoms with Crippen LogP contribution in [0.2, 0.25) is 0 Å². The molecule has 1 aliphatic rings. The Morgan fingerprint density at radius 3 is 2.62 bits per heavy atom. The largest absolute Gasteiger partial charge is 0.496 e. The summed E-state index contributed by atoms with van der Waals surface area (Å²) in [5, 5.41) is 23.0. The van der Waals surface area contributed by atoms with Gasteiger partial charge >= 0.3 is 5.97 Å². The molecule has 2 unspecified atom stereocenters. The number of carboxylic acid groups (broad SMARTS) is 1. The second kappa shape index (κ2) is 6.45. The number of hydrogen-bond acceptors (Lipinski definition) is 4. The van der Waals surface area contributed by atoms with Crippen molar-refractivity contribution in [2.24, 2.45) is 0 Å². The van der Waals surface area contributed by atoms with Crippen molar-refractivity contribution in [1.29, 1.82) is 0 Å². The Balaban J connectivity index is 2.29. The molecule has 2 rings (SSSR count). The van der Waals surface area contributed by atoms with E-state index in [9.17, 15) is 9.90 Å². The predicted molar refractivity (Wildman–Crippen MR) is 79.6 cm³/mol. The lowest BCUT2D eigenvalue weighted by atomic mass is 9.95. The van der Waals surface area contributed by atoms with Crippen LogP contribution in [0.25, 0.3) is 0 Å². The molecule has 0 saturated heterocycles. The molecule has 0 heterocycles. The van der Waals surface area contributed by atoms with Crippen LogP contribution in [0.5, 0.6) is 5.75 Å². The van der Waals surface area contributed by atoms with Crippen LogP contribution >= 0.6 is 0 Å². The molecule has 0 amide bonds. The third-order valence-corrected chi connectivity index (χ3v) is 3.77. The van der Waals surface area contributed by atoms with Gasteiger partial charge < -0.3 is 20.3 Å². The van der Waals surface area contributed by atoms with E-state index in [4.69, 9.17) is 9.84 Å². The molecule has 0 aromatic heterocycles. The summed E-state index contributed by atoms with van der Waals surface area (Å²) in [6, 6.07) is 3.65. The van der Waals surface area contributed by atoms with Crippen LogP contribution in [0, 0.1) is 13.8 Å². The molecule has 1 saturated carbocycles. The average Bonchev–Trinajstić information content (AvgIpc) is 3.19.